The third-order valence-corrected chi connectivity index (χ3v) is 5.18. The molecule has 0 N–H and O–H groups in total. The number of carbonyl (C=O) groups is 1. The summed E-state index contributed by atoms with van der Waals surface area (Å²) >= 11 is 3.41. The third kappa shape index (κ3) is 2.32. The van der Waals surface area contributed by atoms with Crippen LogP contribution in [0.3, 0.4) is 0 Å². The molecule has 2 heterocycles. The number of fused-ring (bicyclic) bond motifs is 1. The first-order valence-corrected chi connectivity index (χ1v) is 7.76. The molecule has 4 nitrogen and oxygen atoms in total. The summed E-state index contributed by atoms with van der Waals surface area (Å²) in [6.45, 7) is 4.02. The summed E-state index contributed by atoms with van der Waals surface area (Å²) in [5, 5.41) is 0. The molecule has 2 fully saturated rings. The minimum Gasteiger partial charge on any atom is -0.469 e. The van der Waals surface area contributed by atoms with Crippen LogP contribution in [0.4, 0.5) is 5.82 Å². The molecule has 20 heavy (non-hydrogen) atoms. The number of hydrogen-bond acceptors (Lipinski definition) is 4. The molecule has 2 aliphatic rings. The van der Waals surface area contributed by atoms with Crippen molar-refractivity contribution in [3.63, 3.8) is 0 Å². The topological polar surface area (TPSA) is 42.4 Å². The number of carbonyl (C=O) groups excluding carboxylic acids is 1. The van der Waals surface area contributed by atoms with Crippen molar-refractivity contribution < 1.29 is 9.53 Å². The lowest BCUT2D eigenvalue weighted by Gasteiger charge is -2.24. The number of pyridine rings is 1. The normalized spacial score (nSPS) is 32.2. The van der Waals surface area contributed by atoms with E-state index in [-0.39, 0.29) is 11.4 Å². The maximum absolute atomic E-state index is 11.9. The Morgan fingerprint density at radius 2 is 2.05 bits per heavy atom. The fourth-order valence-corrected chi connectivity index (χ4v) is 4.03. The number of halogens is 1. The Morgan fingerprint density at radius 1 is 1.40 bits per heavy atom. The molecule has 1 unspecified atom stereocenters. The molecule has 1 aromatic heterocycles. The van der Waals surface area contributed by atoms with E-state index in [1.807, 2.05) is 25.3 Å². The Labute approximate surface area is 127 Å². The van der Waals surface area contributed by atoms with Gasteiger partial charge < -0.3 is 9.64 Å². The van der Waals surface area contributed by atoms with Crippen LogP contribution in [0.5, 0.6) is 0 Å². The van der Waals surface area contributed by atoms with Crippen molar-refractivity contribution in [1.82, 2.24) is 4.98 Å². The Kier molecular flexibility index (Phi) is 3.48. The molecule has 0 spiro atoms. The zero-order chi connectivity index (χ0) is 14.3. The standard InChI is InChI=1S/C15H19BrN2O2/c1-15(14(19)20-2)5-10-8-18(9-11(10)6-15)13-4-3-12(16)7-17-13/h3-4,7,10-11H,5-6,8-9H2,1-2H3/t10-,11+,15?. The zero-order valence-electron chi connectivity index (χ0n) is 11.8. The lowest BCUT2D eigenvalue weighted by molar-refractivity contribution is -0.151. The van der Waals surface area contributed by atoms with E-state index in [0.717, 1.165) is 36.2 Å². The van der Waals surface area contributed by atoms with E-state index in [2.05, 4.69) is 25.8 Å². The maximum atomic E-state index is 11.9. The smallest absolute Gasteiger partial charge is 0.311 e. The first kappa shape index (κ1) is 13.9. The van der Waals surface area contributed by atoms with Gasteiger partial charge in [0.1, 0.15) is 5.82 Å². The zero-order valence-corrected chi connectivity index (χ0v) is 13.4. The molecule has 0 radical (unpaired) electrons. The number of nitrogens with zero attached hydrogens (tertiary/aromatic N) is 2. The van der Waals surface area contributed by atoms with E-state index >= 15 is 0 Å². The molecule has 1 aromatic rings. The van der Waals surface area contributed by atoms with Crippen molar-refractivity contribution in [2.24, 2.45) is 17.3 Å². The van der Waals surface area contributed by atoms with Crippen LogP contribution in [0.25, 0.3) is 0 Å². The molecule has 3 atom stereocenters. The molecular formula is C15H19BrN2O2. The van der Waals surface area contributed by atoms with E-state index in [0.29, 0.717) is 11.8 Å². The van der Waals surface area contributed by atoms with Crippen LogP contribution in [0, 0.1) is 17.3 Å². The predicted molar refractivity (Wildman–Crippen MR) is 80.5 cm³/mol. The van der Waals surface area contributed by atoms with Crippen molar-refractivity contribution in [3.05, 3.63) is 22.8 Å². The largest absolute Gasteiger partial charge is 0.469 e. The first-order valence-electron chi connectivity index (χ1n) is 6.97. The van der Waals surface area contributed by atoms with Crippen LogP contribution in [-0.2, 0) is 9.53 Å². The van der Waals surface area contributed by atoms with Gasteiger partial charge in [-0.25, -0.2) is 4.98 Å². The van der Waals surface area contributed by atoms with Crippen LogP contribution in [0.15, 0.2) is 22.8 Å². The fraction of sp³-hybridized carbons (Fsp3) is 0.600. The van der Waals surface area contributed by atoms with Gasteiger partial charge in [0.25, 0.3) is 0 Å². The third-order valence-electron chi connectivity index (χ3n) is 4.72. The number of hydrogen-bond donors (Lipinski definition) is 0. The molecule has 5 heteroatoms. The molecule has 0 amide bonds. The van der Waals surface area contributed by atoms with Crippen molar-refractivity contribution in [1.29, 1.82) is 0 Å². The number of ether oxygens (including phenoxy) is 1. The number of esters is 1. The van der Waals surface area contributed by atoms with Gasteiger partial charge in [0.2, 0.25) is 0 Å². The summed E-state index contributed by atoms with van der Waals surface area (Å²) in [7, 11) is 1.49. The van der Waals surface area contributed by atoms with E-state index in [4.69, 9.17) is 4.74 Å². The van der Waals surface area contributed by atoms with Crippen LogP contribution in [0.1, 0.15) is 19.8 Å². The van der Waals surface area contributed by atoms with Gasteiger partial charge >= 0.3 is 5.97 Å². The molecule has 108 valence electrons. The highest BCUT2D eigenvalue weighted by Crippen LogP contribution is 2.49. The predicted octanol–water partition coefficient (Wildman–Crippen LogP) is 2.87. The monoisotopic (exact) mass is 338 g/mol. The van der Waals surface area contributed by atoms with Gasteiger partial charge in [-0.15, -0.1) is 0 Å². The minimum absolute atomic E-state index is 0.0554. The van der Waals surface area contributed by atoms with Crippen LogP contribution in [0.2, 0.25) is 0 Å². The van der Waals surface area contributed by atoms with E-state index < -0.39 is 0 Å². The van der Waals surface area contributed by atoms with Crippen molar-refractivity contribution in [2.75, 3.05) is 25.1 Å². The highest BCUT2D eigenvalue weighted by atomic mass is 79.9. The molecule has 0 bridgehead atoms. The Bertz CT molecular complexity index is 503. The van der Waals surface area contributed by atoms with Gasteiger partial charge in [-0.2, -0.15) is 0 Å². The summed E-state index contributed by atoms with van der Waals surface area (Å²) in [6, 6.07) is 4.07. The van der Waals surface area contributed by atoms with E-state index in [1.54, 1.807) is 0 Å². The maximum Gasteiger partial charge on any atom is 0.311 e. The molecule has 3 rings (SSSR count). The molecule has 1 saturated heterocycles. The van der Waals surface area contributed by atoms with Gasteiger partial charge in [-0.05, 0) is 59.7 Å². The molecule has 1 saturated carbocycles. The van der Waals surface area contributed by atoms with Gasteiger partial charge in [0, 0.05) is 23.8 Å². The Hall–Kier alpha value is -1.10. The highest BCUT2D eigenvalue weighted by molar-refractivity contribution is 9.10. The highest BCUT2D eigenvalue weighted by Gasteiger charge is 2.51. The first-order chi connectivity index (χ1) is 9.51. The lowest BCUT2D eigenvalue weighted by Crippen LogP contribution is -2.30. The summed E-state index contributed by atoms with van der Waals surface area (Å²) in [5.41, 5.74) is -0.288. The summed E-state index contributed by atoms with van der Waals surface area (Å²) < 4.78 is 5.96. The van der Waals surface area contributed by atoms with Gasteiger partial charge in [0.05, 0.1) is 12.5 Å². The van der Waals surface area contributed by atoms with Crippen LogP contribution in [-0.4, -0.2) is 31.2 Å². The quantitative estimate of drug-likeness (QED) is 0.777. The Balaban J connectivity index is 1.69. The summed E-state index contributed by atoms with van der Waals surface area (Å²) in [6.07, 6.45) is 3.69. The molecule has 1 aliphatic heterocycles. The van der Waals surface area contributed by atoms with Crippen LogP contribution < -0.4 is 4.90 Å². The second-order valence-electron chi connectivity index (χ2n) is 6.22. The molecule has 0 aromatic carbocycles. The fourth-order valence-electron chi connectivity index (χ4n) is 3.80. The average Bonchev–Trinajstić information content (AvgIpc) is 2.94. The van der Waals surface area contributed by atoms with Crippen LogP contribution >= 0.6 is 15.9 Å². The average molecular weight is 339 g/mol. The SMILES string of the molecule is COC(=O)C1(C)C[C@H]2CN(c3ccc(Br)cn3)C[C@H]2C1. The van der Waals surface area contributed by atoms with Gasteiger partial charge in [0.15, 0.2) is 0 Å². The van der Waals surface area contributed by atoms with Gasteiger partial charge in [-0.3, -0.25) is 4.79 Å². The minimum atomic E-state index is -0.288. The lowest BCUT2D eigenvalue weighted by atomic mass is 9.87. The second kappa shape index (κ2) is 5.02. The van der Waals surface area contributed by atoms with Crippen molar-refractivity contribution in [3.8, 4) is 0 Å². The van der Waals surface area contributed by atoms with Gasteiger partial charge in [-0.1, -0.05) is 0 Å². The summed E-state index contributed by atoms with van der Waals surface area (Å²) in [5.74, 6) is 2.12. The van der Waals surface area contributed by atoms with E-state index in [9.17, 15) is 4.79 Å². The summed E-state index contributed by atoms with van der Waals surface area (Å²) in [4.78, 5) is 18.7. The number of methoxy groups -OCH3 is 1. The Morgan fingerprint density at radius 3 is 2.55 bits per heavy atom. The van der Waals surface area contributed by atoms with Crippen molar-refractivity contribution >= 4 is 27.7 Å². The molecule has 1 aliphatic carbocycles. The number of rotatable bonds is 2. The number of anilines is 1. The second-order valence-corrected chi connectivity index (χ2v) is 7.14. The van der Waals surface area contributed by atoms with Crippen molar-refractivity contribution in [2.45, 2.75) is 19.8 Å². The van der Waals surface area contributed by atoms with E-state index in [1.165, 1.54) is 7.11 Å². The number of aromatic nitrogens is 1. The molecular weight excluding hydrogens is 320 g/mol.